The van der Waals surface area contributed by atoms with Crippen molar-refractivity contribution in [2.24, 2.45) is 5.73 Å². The normalized spacial score (nSPS) is 10.5. The van der Waals surface area contributed by atoms with Gasteiger partial charge in [0.25, 0.3) is 11.8 Å². The second-order valence-corrected chi connectivity index (χ2v) is 7.01. The number of amides is 2. The summed E-state index contributed by atoms with van der Waals surface area (Å²) in [6.07, 6.45) is 0. The first-order valence-corrected chi connectivity index (χ1v) is 8.71. The van der Waals surface area contributed by atoms with Gasteiger partial charge in [0.05, 0.1) is 16.1 Å². The van der Waals surface area contributed by atoms with E-state index in [-0.39, 0.29) is 5.91 Å². The molecule has 6 heteroatoms. The van der Waals surface area contributed by atoms with Crippen LogP contribution in [0.1, 0.15) is 25.6 Å². The van der Waals surface area contributed by atoms with Gasteiger partial charge >= 0.3 is 0 Å². The Kier molecular flexibility index (Phi) is 4.88. The monoisotopic (exact) mass is 370 g/mol. The first kappa shape index (κ1) is 17.2. The lowest BCUT2D eigenvalue weighted by Crippen LogP contribution is -2.18. The van der Waals surface area contributed by atoms with Gasteiger partial charge in [-0.3, -0.25) is 9.59 Å². The minimum Gasteiger partial charge on any atom is -0.366 e. The van der Waals surface area contributed by atoms with Gasteiger partial charge in [0.2, 0.25) is 0 Å². The van der Waals surface area contributed by atoms with E-state index in [0.717, 1.165) is 16.0 Å². The quantitative estimate of drug-likeness (QED) is 0.696. The number of nitrogens with two attached hydrogens (primary N) is 1. The second kappa shape index (κ2) is 7.09. The topological polar surface area (TPSA) is 72.2 Å². The molecule has 0 aliphatic carbocycles. The standard InChI is InChI=1S/C19H15ClN2O2S/c1-11-3-2-4-14(17(11)18(21)23)22-19(24)16-10-9-15(25-16)12-5-7-13(20)8-6-12/h2-10H,1H3,(H2,21,23)(H,22,24). The second-order valence-electron chi connectivity index (χ2n) is 5.49. The van der Waals surface area contributed by atoms with Gasteiger partial charge in [-0.2, -0.15) is 0 Å². The molecular formula is C19H15ClN2O2S. The van der Waals surface area contributed by atoms with E-state index < -0.39 is 5.91 Å². The maximum atomic E-state index is 12.5. The molecule has 1 aromatic heterocycles. The van der Waals surface area contributed by atoms with E-state index in [1.165, 1.54) is 11.3 Å². The number of halogens is 1. The fraction of sp³-hybridized carbons (Fsp3) is 0.0526. The Labute approximate surface area is 154 Å². The molecule has 3 N–H and O–H groups in total. The number of nitrogens with one attached hydrogen (secondary N) is 1. The minimum atomic E-state index is -0.568. The number of carbonyl (C=O) groups excluding carboxylic acids is 2. The van der Waals surface area contributed by atoms with E-state index in [1.54, 1.807) is 31.2 Å². The fourth-order valence-electron chi connectivity index (χ4n) is 2.51. The predicted octanol–water partition coefficient (Wildman–Crippen LogP) is 4.73. The molecule has 3 rings (SSSR count). The van der Waals surface area contributed by atoms with Crippen LogP contribution < -0.4 is 11.1 Å². The highest BCUT2D eigenvalue weighted by Crippen LogP contribution is 2.30. The average Bonchev–Trinajstić information content (AvgIpc) is 3.05. The number of carbonyl (C=O) groups is 2. The SMILES string of the molecule is Cc1cccc(NC(=O)c2ccc(-c3ccc(Cl)cc3)s2)c1C(N)=O. The number of primary amides is 1. The van der Waals surface area contributed by atoms with Crippen molar-refractivity contribution in [1.29, 1.82) is 0 Å². The average molecular weight is 371 g/mol. The maximum Gasteiger partial charge on any atom is 0.265 e. The van der Waals surface area contributed by atoms with Gasteiger partial charge in [-0.05, 0) is 48.4 Å². The summed E-state index contributed by atoms with van der Waals surface area (Å²) in [6, 6.07) is 16.3. The van der Waals surface area contributed by atoms with Gasteiger partial charge in [0.15, 0.2) is 0 Å². The lowest BCUT2D eigenvalue weighted by Gasteiger charge is -2.10. The van der Waals surface area contributed by atoms with Crippen LogP contribution in [0.5, 0.6) is 0 Å². The molecule has 2 aromatic carbocycles. The molecule has 0 unspecified atom stereocenters. The first-order chi connectivity index (χ1) is 12.0. The van der Waals surface area contributed by atoms with Gasteiger partial charge in [-0.15, -0.1) is 11.3 Å². The number of anilines is 1. The number of benzene rings is 2. The highest BCUT2D eigenvalue weighted by molar-refractivity contribution is 7.17. The molecule has 3 aromatic rings. The third kappa shape index (κ3) is 3.73. The largest absolute Gasteiger partial charge is 0.366 e. The van der Waals surface area contributed by atoms with Crippen LogP contribution in [-0.4, -0.2) is 11.8 Å². The highest BCUT2D eigenvalue weighted by Gasteiger charge is 2.16. The molecule has 0 aliphatic rings. The summed E-state index contributed by atoms with van der Waals surface area (Å²) < 4.78 is 0. The summed E-state index contributed by atoms with van der Waals surface area (Å²) >= 11 is 7.27. The predicted molar refractivity (Wildman–Crippen MR) is 102 cm³/mol. The van der Waals surface area contributed by atoms with E-state index in [0.29, 0.717) is 21.2 Å². The molecule has 0 atom stereocenters. The van der Waals surface area contributed by atoms with Crippen molar-refractivity contribution in [2.45, 2.75) is 6.92 Å². The molecule has 4 nitrogen and oxygen atoms in total. The van der Waals surface area contributed by atoms with E-state index in [9.17, 15) is 9.59 Å². The molecule has 0 saturated heterocycles. The van der Waals surface area contributed by atoms with Crippen molar-refractivity contribution in [3.05, 3.63) is 75.6 Å². The Bertz CT molecular complexity index is 948. The Morgan fingerprint density at radius 1 is 1.04 bits per heavy atom. The van der Waals surface area contributed by atoms with E-state index in [1.807, 2.05) is 30.3 Å². The zero-order valence-corrected chi connectivity index (χ0v) is 14.9. The van der Waals surface area contributed by atoms with Gasteiger partial charge in [0.1, 0.15) is 0 Å². The minimum absolute atomic E-state index is 0.279. The smallest absolute Gasteiger partial charge is 0.265 e. The van der Waals surface area contributed by atoms with Crippen molar-refractivity contribution < 1.29 is 9.59 Å². The lowest BCUT2D eigenvalue weighted by molar-refractivity contribution is 0.100. The summed E-state index contributed by atoms with van der Waals surface area (Å²) in [5.74, 6) is -0.847. The van der Waals surface area contributed by atoms with Crippen LogP contribution in [0, 0.1) is 6.92 Å². The van der Waals surface area contributed by atoms with Crippen LogP contribution in [0.4, 0.5) is 5.69 Å². The Morgan fingerprint density at radius 3 is 2.44 bits per heavy atom. The number of thiophene rings is 1. The van der Waals surface area contributed by atoms with E-state index in [4.69, 9.17) is 17.3 Å². The molecule has 126 valence electrons. The molecule has 0 bridgehead atoms. The maximum absolute atomic E-state index is 12.5. The Morgan fingerprint density at radius 2 is 1.76 bits per heavy atom. The van der Waals surface area contributed by atoms with Gasteiger partial charge < -0.3 is 11.1 Å². The molecular weight excluding hydrogens is 356 g/mol. The zero-order chi connectivity index (χ0) is 18.0. The summed E-state index contributed by atoms with van der Waals surface area (Å²) in [5.41, 5.74) is 7.87. The van der Waals surface area contributed by atoms with E-state index in [2.05, 4.69) is 5.32 Å². The van der Waals surface area contributed by atoms with Crippen LogP contribution in [0.3, 0.4) is 0 Å². The van der Waals surface area contributed by atoms with Crippen LogP contribution in [0.15, 0.2) is 54.6 Å². The molecule has 25 heavy (non-hydrogen) atoms. The Hall–Kier alpha value is -2.63. The summed E-state index contributed by atoms with van der Waals surface area (Å²) in [7, 11) is 0. The van der Waals surface area contributed by atoms with Crippen molar-refractivity contribution in [3.8, 4) is 10.4 Å². The lowest BCUT2D eigenvalue weighted by atomic mass is 10.1. The van der Waals surface area contributed by atoms with Gasteiger partial charge in [-0.25, -0.2) is 0 Å². The highest BCUT2D eigenvalue weighted by atomic mass is 35.5. The molecule has 2 amide bonds. The molecule has 0 radical (unpaired) electrons. The third-order valence-corrected chi connectivity index (χ3v) is 5.11. The number of hydrogen-bond donors (Lipinski definition) is 2. The van der Waals surface area contributed by atoms with E-state index >= 15 is 0 Å². The van der Waals surface area contributed by atoms with Gasteiger partial charge in [0, 0.05) is 9.90 Å². The molecule has 1 heterocycles. The van der Waals surface area contributed by atoms with Crippen molar-refractivity contribution >= 4 is 40.4 Å². The third-order valence-electron chi connectivity index (χ3n) is 3.73. The summed E-state index contributed by atoms with van der Waals surface area (Å²) in [5, 5.41) is 3.44. The van der Waals surface area contributed by atoms with Crippen molar-refractivity contribution in [2.75, 3.05) is 5.32 Å². The molecule has 0 fully saturated rings. The number of hydrogen-bond acceptors (Lipinski definition) is 3. The number of aryl methyl sites for hydroxylation is 1. The zero-order valence-electron chi connectivity index (χ0n) is 13.4. The Balaban J connectivity index is 1.85. The van der Waals surface area contributed by atoms with Gasteiger partial charge in [-0.1, -0.05) is 35.9 Å². The summed E-state index contributed by atoms with van der Waals surface area (Å²) in [4.78, 5) is 25.7. The first-order valence-electron chi connectivity index (χ1n) is 7.52. The molecule has 0 spiro atoms. The molecule has 0 aliphatic heterocycles. The van der Waals surface area contributed by atoms with Crippen molar-refractivity contribution in [3.63, 3.8) is 0 Å². The fourth-order valence-corrected chi connectivity index (χ4v) is 3.54. The van der Waals surface area contributed by atoms with Crippen LogP contribution in [0.2, 0.25) is 5.02 Å². The van der Waals surface area contributed by atoms with Crippen LogP contribution >= 0.6 is 22.9 Å². The van der Waals surface area contributed by atoms with Crippen LogP contribution in [0.25, 0.3) is 10.4 Å². The number of rotatable bonds is 4. The van der Waals surface area contributed by atoms with Crippen molar-refractivity contribution in [1.82, 2.24) is 0 Å². The van der Waals surface area contributed by atoms with Crippen LogP contribution in [-0.2, 0) is 0 Å². The summed E-state index contributed by atoms with van der Waals surface area (Å²) in [6.45, 7) is 1.78. The molecule has 0 saturated carbocycles.